The summed E-state index contributed by atoms with van der Waals surface area (Å²) in [5, 5.41) is 0. The maximum atomic E-state index is 12.5. The van der Waals surface area contributed by atoms with Crippen molar-refractivity contribution in [1.29, 1.82) is 0 Å². The first kappa shape index (κ1) is 30.1. The number of allylic oxidation sites excluding steroid dienone is 2. The van der Waals surface area contributed by atoms with E-state index in [0.29, 0.717) is 34.1 Å². The molecule has 42 heavy (non-hydrogen) atoms. The predicted octanol–water partition coefficient (Wildman–Crippen LogP) is 7.96. The first-order valence-electron chi connectivity index (χ1n) is 14.0. The Kier molecular flexibility index (Phi) is 10.5. The molecule has 0 fully saturated rings. The van der Waals surface area contributed by atoms with E-state index in [4.69, 9.17) is 18.9 Å². The minimum absolute atomic E-state index is 0.0392. The van der Waals surface area contributed by atoms with Crippen LogP contribution in [0, 0.1) is 0 Å². The third kappa shape index (κ3) is 7.67. The van der Waals surface area contributed by atoms with Crippen molar-refractivity contribution in [2.45, 2.75) is 26.7 Å². The van der Waals surface area contributed by atoms with Gasteiger partial charge in [-0.2, -0.15) is 0 Å². The van der Waals surface area contributed by atoms with E-state index in [-0.39, 0.29) is 24.8 Å². The summed E-state index contributed by atoms with van der Waals surface area (Å²) in [7, 11) is 3.18. The number of hydrogen-bond donors (Lipinski definition) is 0. The van der Waals surface area contributed by atoms with Gasteiger partial charge in [-0.15, -0.1) is 0 Å². The van der Waals surface area contributed by atoms with Crippen LogP contribution >= 0.6 is 0 Å². The Bertz CT molecular complexity index is 1380. The molecular weight excluding hydrogens is 528 g/mol. The third-order valence-corrected chi connectivity index (χ3v) is 7.04. The van der Waals surface area contributed by atoms with Crippen LogP contribution in [0.2, 0.25) is 0 Å². The van der Waals surface area contributed by atoms with Gasteiger partial charge in [0.15, 0.2) is 24.8 Å². The topological polar surface area (TPSA) is 71.1 Å². The van der Waals surface area contributed by atoms with Crippen LogP contribution in [0.4, 0.5) is 0 Å². The van der Waals surface area contributed by atoms with E-state index < -0.39 is 0 Å². The average molecular weight is 565 g/mol. The molecule has 0 aliphatic rings. The number of Topliss-reactive ketones (excluding diaryl/α,β-unsaturated/α-hetero) is 2. The summed E-state index contributed by atoms with van der Waals surface area (Å²) in [5.41, 5.74) is 5.85. The molecule has 0 aromatic heterocycles. The van der Waals surface area contributed by atoms with E-state index >= 15 is 0 Å². The zero-order valence-electron chi connectivity index (χ0n) is 24.5. The molecule has 4 aromatic carbocycles. The summed E-state index contributed by atoms with van der Waals surface area (Å²) >= 11 is 0. The Labute approximate surface area is 247 Å². The summed E-state index contributed by atoms with van der Waals surface area (Å²) in [6, 6.07) is 29.7. The Balaban J connectivity index is 1.39. The normalized spacial score (nSPS) is 11.3. The van der Waals surface area contributed by atoms with Gasteiger partial charge in [0.1, 0.15) is 23.0 Å². The van der Waals surface area contributed by atoms with Gasteiger partial charge < -0.3 is 18.9 Å². The van der Waals surface area contributed by atoms with E-state index in [1.165, 1.54) is 11.1 Å². The molecule has 0 saturated heterocycles. The van der Waals surface area contributed by atoms with Crippen LogP contribution in [0.1, 0.15) is 58.5 Å². The predicted molar refractivity (Wildman–Crippen MR) is 166 cm³/mol. The second kappa shape index (κ2) is 14.7. The number of hydrogen-bond acceptors (Lipinski definition) is 6. The lowest BCUT2D eigenvalue weighted by Gasteiger charge is -2.15. The molecule has 0 amide bonds. The Morgan fingerprint density at radius 3 is 1.02 bits per heavy atom. The molecule has 0 saturated carbocycles. The van der Waals surface area contributed by atoms with E-state index in [9.17, 15) is 9.59 Å². The van der Waals surface area contributed by atoms with Gasteiger partial charge >= 0.3 is 0 Å². The lowest BCUT2D eigenvalue weighted by Crippen LogP contribution is -2.11. The zero-order chi connectivity index (χ0) is 29.9. The number of benzene rings is 4. The first-order valence-corrected chi connectivity index (χ1v) is 14.0. The van der Waals surface area contributed by atoms with Crippen molar-refractivity contribution in [2.24, 2.45) is 0 Å². The van der Waals surface area contributed by atoms with Gasteiger partial charge in [0.25, 0.3) is 0 Å². The zero-order valence-corrected chi connectivity index (χ0v) is 24.5. The fourth-order valence-corrected chi connectivity index (χ4v) is 4.71. The standard InChI is InChI=1S/C36H36O6/c1-5-33(25-7-19-31(20-8-25)41-23-35(37)27-11-15-29(39-3)16-12-27)34(6-2)26-9-21-32(22-10-26)42-24-36(38)28-13-17-30(40-4)18-14-28/h7-22H,5-6,23-24H2,1-4H3/b34-33+. The Morgan fingerprint density at radius 2 is 0.738 bits per heavy atom. The lowest BCUT2D eigenvalue weighted by molar-refractivity contribution is 0.0915. The number of ether oxygens (including phenoxy) is 4. The number of carbonyl (C=O) groups excluding carboxylic acids is 2. The van der Waals surface area contributed by atoms with E-state index in [2.05, 4.69) is 13.8 Å². The van der Waals surface area contributed by atoms with Crippen molar-refractivity contribution < 1.29 is 28.5 Å². The molecule has 4 rings (SSSR count). The third-order valence-electron chi connectivity index (χ3n) is 7.04. The van der Waals surface area contributed by atoms with Crippen LogP contribution in [-0.4, -0.2) is 39.0 Å². The average Bonchev–Trinajstić information content (AvgIpc) is 3.05. The van der Waals surface area contributed by atoms with Crippen molar-refractivity contribution in [1.82, 2.24) is 0 Å². The minimum Gasteiger partial charge on any atom is -0.497 e. The molecule has 0 spiro atoms. The van der Waals surface area contributed by atoms with Gasteiger partial charge in [-0.05, 0) is 108 Å². The molecule has 216 valence electrons. The molecule has 0 heterocycles. The highest BCUT2D eigenvalue weighted by Crippen LogP contribution is 2.33. The van der Waals surface area contributed by atoms with Gasteiger partial charge in [0, 0.05) is 11.1 Å². The highest BCUT2D eigenvalue weighted by molar-refractivity contribution is 5.98. The molecule has 0 aliphatic carbocycles. The number of methoxy groups -OCH3 is 2. The molecule has 6 heteroatoms. The van der Waals surface area contributed by atoms with E-state index in [0.717, 1.165) is 24.0 Å². The van der Waals surface area contributed by atoms with Crippen molar-refractivity contribution in [3.8, 4) is 23.0 Å². The minimum atomic E-state index is -0.0957. The summed E-state index contributed by atoms with van der Waals surface area (Å²) in [6.07, 6.45) is 1.71. The quantitative estimate of drug-likeness (QED) is 0.114. The van der Waals surface area contributed by atoms with Gasteiger partial charge in [-0.3, -0.25) is 9.59 Å². The molecule has 0 radical (unpaired) electrons. The van der Waals surface area contributed by atoms with Crippen molar-refractivity contribution in [3.63, 3.8) is 0 Å². The Morgan fingerprint density at radius 1 is 0.452 bits per heavy atom. The molecule has 6 nitrogen and oxygen atoms in total. The fourth-order valence-electron chi connectivity index (χ4n) is 4.71. The van der Waals surface area contributed by atoms with Crippen molar-refractivity contribution in [3.05, 3.63) is 119 Å². The van der Waals surface area contributed by atoms with Crippen LogP contribution in [0.25, 0.3) is 11.1 Å². The van der Waals surface area contributed by atoms with Gasteiger partial charge in [-0.25, -0.2) is 0 Å². The maximum Gasteiger partial charge on any atom is 0.200 e. The van der Waals surface area contributed by atoms with E-state index in [1.54, 1.807) is 62.8 Å². The second-order valence-corrected chi connectivity index (χ2v) is 9.59. The van der Waals surface area contributed by atoms with Crippen LogP contribution in [0.5, 0.6) is 23.0 Å². The van der Waals surface area contributed by atoms with E-state index in [1.807, 2.05) is 48.5 Å². The highest BCUT2D eigenvalue weighted by atomic mass is 16.5. The SMILES string of the molecule is CC/C(=C(/CC)c1ccc(OCC(=O)c2ccc(OC)cc2)cc1)c1ccc(OCC(=O)c2ccc(OC)cc2)cc1. The molecular formula is C36H36O6. The molecule has 0 N–H and O–H groups in total. The summed E-state index contributed by atoms with van der Waals surface area (Å²) < 4.78 is 21.8. The van der Waals surface area contributed by atoms with Crippen LogP contribution in [0.15, 0.2) is 97.1 Å². The van der Waals surface area contributed by atoms with Gasteiger partial charge in [0.05, 0.1) is 14.2 Å². The monoisotopic (exact) mass is 564 g/mol. The molecule has 0 atom stereocenters. The number of ketones is 2. The molecule has 0 bridgehead atoms. The van der Waals surface area contributed by atoms with Crippen LogP contribution < -0.4 is 18.9 Å². The maximum absolute atomic E-state index is 12.5. The fraction of sp³-hybridized carbons (Fsp3) is 0.222. The largest absolute Gasteiger partial charge is 0.497 e. The molecule has 0 aliphatic heterocycles. The molecule has 4 aromatic rings. The Hall–Kier alpha value is -4.84. The lowest BCUT2D eigenvalue weighted by atomic mass is 9.91. The molecule has 0 unspecified atom stereocenters. The first-order chi connectivity index (χ1) is 20.4. The number of carbonyl (C=O) groups is 2. The number of rotatable bonds is 14. The van der Waals surface area contributed by atoms with Crippen LogP contribution in [-0.2, 0) is 0 Å². The van der Waals surface area contributed by atoms with Crippen molar-refractivity contribution >= 4 is 22.7 Å². The van der Waals surface area contributed by atoms with Crippen molar-refractivity contribution in [2.75, 3.05) is 27.4 Å². The van der Waals surface area contributed by atoms with Crippen LogP contribution in [0.3, 0.4) is 0 Å². The highest BCUT2D eigenvalue weighted by Gasteiger charge is 2.12. The summed E-state index contributed by atoms with van der Waals surface area (Å²) in [5.74, 6) is 2.49. The smallest absolute Gasteiger partial charge is 0.200 e. The summed E-state index contributed by atoms with van der Waals surface area (Å²) in [4.78, 5) is 25.0. The van der Waals surface area contributed by atoms with Gasteiger partial charge in [0.2, 0.25) is 0 Å². The second-order valence-electron chi connectivity index (χ2n) is 9.59. The van der Waals surface area contributed by atoms with Gasteiger partial charge in [-0.1, -0.05) is 38.1 Å². The summed E-state index contributed by atoms with van der Waals surface area (Å²) in [6.45, 7) is 4.21.